The largest absolute Gasteiger partial charge is 0.469 e. The summed E-state index contributed by atoms with van der Waals surface area (Å²) in [7, 11) is 3.15. The Labute approximate surface area is 106 Å². The first-order valence-corrected chi connectivity index (χ1v) is 5.82. The third-order valence-electron chi connectivity index (χ3n) is 3.12. The van der Waals surface area contributed by atoms with Gasteiger partial charge in [0.2, 0.25) is 5.91 Å². The minimum Gasteiger partial charge on any atom is -0.469 e. The smallest absolute Gasteiger partial charge is 0.311 e. The highest BCUT2D eigenvalue weighted by Gasteiger charge is 2.36. The number of nitrogens with one attached hydrogen (secondary N) is 1. The zero-order valence-electron chi connectivity index (χ0n) is 10.5. The van der Waals surface area contributed by atoms with Gasteiger partial charge in [-0.1, -0.05) is 12.1 Å². The van der Waals surface area contributed by atoms with Gasteiger partial charge in [-0.05, 0) is 12.1 Å². The van der Waals surface area contributed by atoms with E-state index in [-0.39, 0.29) is 24.2 Å². The predicted molar refractivity (Wildman–Crippen MR) is 68.5 cm³/mol. The number of ether oxygens (including phenoxy) is 1. The number of para-hydroxylation sites is 2. The van der Waals surface area contributed by atoms with E-state index >= 15 is 0 Å². The van der Waals surface area contributed by atoms with Crippen molar-refractivity contribution in [2.24, 2.45) is 5.92 Å². The first-order chi connectivity index (χ1) is 8.67. The molecular formula is C13H16N2O3. The Morgan fingerprint density at radius 3 is 2.83 bits per heavy atom. The molecule has 5 nitrogen and oxygen atoms in total. The van der Waals surface area contributed by atoms with Gasteiger partial charge in [-0.15, -0.1) is 0 Å². The van der Waals surface area contributed by atoms with Crippen molar-refractivity contribution in [3.63, 3.8) is 0 Å². The number of hydrogen-bond acceptors (Lipinski definition) is 4. The maximum Gasteiger partial charge on any atom is 0.311 e. The molecule has 5 heteroatoms. The SMILES string of the molecule is CNc1ccccc1N1CC(C(=O)OC)CC1=O. The van der Waals surface area contributed by atoms with Gasteiger partial charge in [0, 0.05) is 20.0 Å². The minimum atomic E-state index is -0.368. The van der Waals surface area contributed by atoms with Gasteiger partial charge in [0.15, 0.2) is 0 Å². The summed E-state index contributed by atoms with van der Waals surface area (Å²) in [5.74, 6) is -0.742. The summed E-state index contributed by atoms with van der Waals surface area (Å²) < 4.78 is 4.69. The molecule has 0 saturated carbocycles. The maximum atomic E-state index is 12.0. The second kappa shape index (κ2) is 5.08. The van der Waals surface area contributed by atoms with Crippen molar-refractivity contribution in [3.05, 3.63) is 24.3 Å². The van der Waals surface area contributed by atoms with E-state index in [0.29, 0.717) is 6.54 Å². The topological polar surface area (TPSA) is 58.6 Å². The van der Waals surface area contributed by atoms with Gasteiger partial charge < -0.3 is 15.0 Å². The third-order valence-corrected chi connectivity index (χ3v) is 3.12. The number of benzene rings is 1. The fourth-order valence-electron chi connectivity index (χ4n) is 2.19. The van der Waals surface area contributed by atoms with E-state index in [1.807, 2.05) is 24.3 Å². The third kappa shape index (κ3) is 2.16. The predicted octanol–water partition coefficient (Wildman–Crippen LogP) is 1.25. The van der Waals surface area contributed by atoms with E-state index in [9.17, 15) is 9.59 Å². The van der Waals surface area contributed by atoms with Crippen LogP contribution in [0.5, 0.6) is 0 Å². The molecule has 1 fully saturated rings. The second-order valence-electron chi connectivity index (χ2n) is 4.20. The summed E-state index contributed by atoms with van der Waals surface area (Å²) in [5, 5.41) is 3.04. The van der Waals surface area contributed by atoms with Crippen molar-refractivity contribution in [2.75, 3.05) is 30.9 Å². The number of rotatable bonds is 3. The van der Waals surface area contributed by atoms with E-state index in [2.05, 4.69) is 10.1 Å². The Balaban J connectivity index is 2.24. The molecule has 0 spiro atoms. The fourth-order valence-corrected chi connectivity index (χ4v) is 2.19. The van der Waals surface area contributed by atoms with Crippen molar-refractivity contribution in [1.29, 1.82) is 0 Å². The van der Waals surface area contributed by atoms with Crippen LogP contribution in [0.15, 0.2) is 24.3 Å². The van der Waals surface area contributed by atoms with Crippen LogP contribution in [0.1, 0.15) is 6.42 Å². The number of esters is 1. The van der Waals surface area contributed by atoms with Crippen molar-refractivity contribution in [1.82, 2.24) is 0 Å². The molecule has 0 aromatic heterocycles. The van der Waals surface area contributed by atoms with Crippen molar-refractivity contribution in [3.8, 4) is 0 Å². The minimum absolute atomic E-state index is 0.0481. The van der Waals surface area contributed by atoms with E-state index in [1.54, 1.807) is 11.9 Å². The fraction of sp³-hybridized carbons (Fsp3) is 0.385. The highest BCUT2D eigenvalue weighted by molar-refractivity contribution is 6.01. The Bertz CT molecular complexity index is 473. The summed E-state index contributed by atoms with van der Waals surface area (Å²) in [6.07, 6.45) is 0.213. The first-order valence-electron chi connectivity index (χ1n) is 5.82. The average molecular weight is 248 g/mol. The summed E-state index contributed by atoms with van der Waals surface area (Å²) in [6.45, 7) is 0.379. The lowest BCUT2D eigenvalue weighted by Gasteiger charge is -2.19. The maximum absolute atomic E-state index is 12.0. The van der Waals surface area contributed by atoms with E-state index in [0.717, 1.165) is 11.4 Å². The van der Waals surface area contributed by atoms with Crippen molar-refractivity contribution < 1.29 is 14.3 Å². The Morgan fingerprint density at radius 2 is 2.17 bits per heavy atom. The highest BCUT2D eigenvalue weighted by atomic mass is 16.5. The molecular weight excluding hydrogens is 232 g/mol. The molecule has 1 aliphatic heterocycles. The average Bonchev–Trinajstić information content (AvgIpc) is 2.79. The van der Waals surface area contributed by atoms with Crippen LogP contribution in [-0.2, 0) is 14.3 Å². The zero-order chi connectivity index (χ0) is 13.1. The van der Waals surface area contributed by atoms with E-state index in [1.165, 1.54) is 7.11 Å². The lowest BCUT2D eigenvalue weighted by atomic mass is 10.1. The van der Waals surface area contributed by atoms with Gasteiger partial charge in [-0.3, -0.25) is 9.59 Å². The summed E-state index contributed by atoms with van der Waals surface area (Å²) in [4.78, 5) is 25.1. The van der Waals surface area contributed by atoms with Crippen LogP contribution in [0.4, 0.5) is 11.4 Å². The molecule has 1 N–H and O–H groups in total. The number of amides is 1. The summed E-state index contributed by atoms with van der Waals surface area (Å²) in [6, 6.07) is 7.53. The number of anilines is 2. The van der Waals surface area contributed by atoms with E-state index in [4.69, 9.17) is 0 Å². The number of carbonyl (C=O) groups excluding carboxylic acids is 2. The molecule has 18 heavy (non-hydrogen) atoms. The lowest BCUT2D eigenvalue weighted by Crippen LogP contribution is -2.26. The molecule has 0 aliphatic carbocycles. The quantitative estimate of drug-likeness (QED) is 0.818. The molecule has 0 radical (unpaired) electrons. The number of methoxy groups -OCH3 is 1. The summed E-state index contributed by atoms with van der Waals surface area (Å²) >= 11 is 0. The second-order valence-corrected chi connectivity index (χ2v) is 4.20. The molecule has 1 atom stereocenters. The molecule has 1 aliphatic rings. The lowest BCUT2D eigenvalue weighted by molar-refractivity contribution is -0.145. The van der Waals surface area contributed by atoms with Crippen LogP contribution in [0.25, 0.3) is 0 Å². The number of hydrogen-bond donors (Lipinski definition) is 1. The van der Waals surface area contributed by atoms with Gasteiger partial charge in [0.05, 0.1) is 24.4 Å². The first kappa shape index (κ1) is 12.4. The van der Waals surface area contributed by atoms with Gasteiger partial charge in [-0.2, -0.15) is 0 Å². The highest BCUT2D eigenvalue weighted by Crippen LogP contribution is 2.31. The summed E-state index contributed by atoms with van der Waals surface area (Å²) in [5.41, 5.74) is 1.67. The van der Waals surface area contributed by atoms with Crippen LogP contribution in [-0.4, -0.2) is 32.6 Å². The molecule has 1 saturated heterocycles. The Morgan fingerprint density at radius 1 is 1.44 bits per heavy atom. The monoisotopic (exact) mass is 248 g/mol. The molecule has 1 aromatic rings. The van der Waals surface area contributed by atoms with Crippen LogP contribution in [0.2, 0.25) is 0 Å². The van der Waals surface area contributed by atoms with Gasteiger partial charge in [-0.25, -0.2) is 0 Å². The molecule has 1 aromatic carbocycles. The van der Waals surface area contributed by atoms with Crippen molar-refractivity contribution >= 4 is 23.3 Å². The Kier molecular flexibility index (Phi) is 3.50. The van der Waals surface area contributed by atoms with E-state index < -0.39 is 0 Å². The molecule has 0 bridgehead atoms. The van der Waals surface area contributed by atoms with Crippen LogP contribution in [0.3, 0.4) is 0 Å². The van der Waals surface area contributed by atoms with Crippen LogP contribution in [0, 0.1) is 5.92 Å². The van der Waals surface area contributed by atoms with Gasteiger partial charge in [0.25, 0.3) is 0 Å². The molecule has 1 amide bonds. The molecule has 2 rings (SSSR count). The normalized spacial score (nSPS) is 18.9. The number of nitrogens with zero attached hydrogens (tertiary/aromatic N) is 1. The van der Waals surface area contributed by atoms with Crippen molar-refractivity contribution in [2.45, 2.75) is 6.42 Å². The number of carbonyl (C=O) groups is 2. The zero-order valence-corrected chi connectivity index (χ0v) is 10.5. The van der Waals surface area contributed by atoms with Gasteiger partial charge >= 0.3 is 5.97 Å². The molecule has 1 heterocycles. The standard InChI is InChI=1S/C13H16N2O3/c1-14-10-5-3-4-6-11(10)15-8-9(7-12(15)16)13(17)18-2/h3-6,9,14H,7-8H2,1-2H3. The Hall–Kier alpha value is -2.04. The van der Waals surface area contributed by atoms with Crippen LogP contribution >= 0.6 is 0 Å². The van der Waals surface area contributed by atoms with Gasteiger partial charge in [0.1, 0.15) is 0 Å². The van der Waals surface area contributed by atoms with Crippen LogP contribution < -0.4 is 10.2 Å². The molecule has 96 valence electrons. The molecule has 1 unspecified atom stereocenters.